The molecule has 0 aliphatic carbocycles. The first-order chi connectivity index (χ1) is 7.20. The molecule has 0 saturated heterocycles. The first kappa shape index (κ1) is 10.4. The fourth-order valence-corrected chi connectivity index (χ4v) is 1.86. The summed E-state index contributed by atoms with van der Waals surface area (Å²) < 4.78 is 21.3. The third-order valence-electron chi connectivity index (χ3n) is 1.79. The van der Waals surface area contributed by atoms with E-state index in [-0.39, 0.29) is 15.7 Å². The SMILES string of the molecule is O=C(c1cnsn1)c1cccc(Br)c1F. The summed E-state index contributed by atoms with van der Waals surface area (Å²) in [5, 5.41) is 0. The average Bonchev–Trinajstić information content (AvgIpc) is 2.74. The van der Waals surface area contributed by atoms with Crippen LogP contribution in [0.2, 0.25) is 0 Å². The van der Waals surface area contributed by atoms with Gasteiger partial charge >= 0.3 is 0 Å². The van der Waals surface area contributed by atoms with Gasteiger partial charge in [-0.15, -0.1) is 0 Å². The molecular formula is C9H4BrFN2OS. The van der Waals surface area contributed by atoms with Crippen LogP contribution in [0.5, 0.6) is 0 Å². The number of aromatic nitrogens is 2. The van der Waals surface area contributed by atoms with Gasteiger partial charge in [-0.25, -0.2) is 4.39 Å². The minimum absolute atomic E-state index is 0.00271. The molecule has 0 fully saturated rings. The summed E-state index contributed by atoms with van der Waals surface area (Å²) in [6.45, 7) is 0. The Morgan fingerprint density at radius 1 is 1.47 bits per heavy atom. The lowest BCUT2D eigenvalue weighted by Crippen LogP contribution is -2.04. The van der Waals surface area contributed by atoms with E-state index in [2.05, 4.69) is 24.7 Å². The Morgan fingerprint density at radius 2 is 2.27 bits per heavy atom. The Morgan fingerprint density at radius 3 is 2.93 bits per heavy atom. The number of nitrogens with zero attached hydrogens (tertiary/aromatic N) is 2. The zero-order valence-corrected chi connectivity index (χ0v) is 9.68. The molecule has 0 atom stereocenters. The summed E-state index contributed by atoms with van der Waals surface area (Å²) in [7, 11) is 0. The zero-order chi connectivity index (χ0) is 10.8. The van der Waals surface area contributed by atoms with Crippen LogP contribution < -0.4 is 0 Å². The molecule has 0 saturated carbocycles. The van der Waals surface area contributed by atoms with Crippen LogP contribution in [0, 0.1) is 5.82 Å². The predicted molar refractivity (Wildman–Crippen MR) is 57.4 cm³/mol. The fourth-order valence-electron chi connectivity index (χ4n) is 1.08. The third kappa shape index (κ3) is 1.95. The Hall–Kier alpha value is -1.14. The molecule has 76 valence electrons. The smallest absolute Gasteiger partial charge is 0.217 e. The van der Waals surface area contributed by atoms with Crippen molar-refractivity contribution in [1.82, 2.24) is 8.75 Å². The monoisotopic (exact) mass is 286 g/mol. The molecule has 0 amide bonds. The Balaban J connectivity index is 2.47. The van der Waals surface area contributed by atoms with Gasteiger partial charge in [0.15, 0.2) is 0 Å². The minimum atomic E-state index is -0.574. The quantitative estimate of drug-likeness (QED) is 0.797. The number of carbonyl (C=O) groups excluding carboxylic acids is 1. The van der Waals surface area contributed by atoms with E-state index in [1.807, 2.05) is 0 Å². The molecular weight excluding hydrogens is 283 g/mol. The molecule has 15 heavy (non-hydrogen) atoms. The van der Waals surface area contributed by atoms with E-state index in [1.54, 1.807) is 6.07 Å². The van der Waals surface area contributed by atoms with Crippen LogP contribution in [0.25, 0.3) is 0 Å². The average molecular weight is 287 g/mol. The van der Waals surface area contributed by atoms with Gasteiger partial charge in [0.25, 0.3) is 0 Å². The molecule has 1 aromatic heterocycles. The van der Waals surface area contributed by atoms with Crippen LogP contribution in [0.15, 0.2) is 28.9 Å². The summed E-state index contributed by atoms with van der Waals surface area (Å²) in [5.41, 5.74) is 0.161. The second-order valence-electron chi connectivity index (χ2n) is 2.72. The third-order valence-corrected chi connectivity index (χ3v) is 2.88. The van der Waals surface area contributed by atoms with Crippen LogP contribution in [-0.4, -0.2) is 14.5 Å². The molecule has 0 aliphatic rings. The molecule has 0 unspecified atom stereocenters. The van der Waals surface area contributed by atoms with Gasteiger partial charge in [0.2, 0.25) is 5.78 Å². The highest BCUT2D eigenvalue weighted by Gasteiger charge is 2.17. The molecule has 0 bridgehead atoms. The Bertz CT molecular complexity index is 501. The molecule has 1 heterocycles. The molecule has 3 nitrogen and oxygen atoms in total. The molecule has 0 N–H and O–H groups in total. The fraction of sp³-hybridized carbons (Fsp3) is 0. The normalized spacial score (nSPS) is 10.3. The maximum absolute atomic E-state index is 13.5. The Labute approximate surface area is 97.4 Å². The van der Waals surface area contributed by atoms with E-state index in [4.69, 9.17) is 0 Å². The number of benzene rings is 1. The van der Waals surface area contributed by atoms with Crippen molar-refractivity contribution in [3.63, 3.8) is 0 Å². The van der Waals surface area contributed by atoms with Crippen molar-refractivity contribution in [1.29, 1.82) is 0 Å². The van der Waals surface area contributed by atoms with E-state index >= 15 is 0 Å². The maximum atomic E-state index is 13.5. The van der Waals surface area contributed by atoms with Crippen LogP contribution >= 0.6 is 27.7 Å². The van der Waals surface area contributed by atoms with Crippen LogP contribution in [-0.2, 0) is 0 Å². The van der Waals surface area contributed by atoms with Gasteiger partial charge < -0.3 is 0 Å². The Kier molecular flexibility index (Phi) is 2.88. The molecule has 1 aromatic carbocycles. The highest BCUT2D eigenvalue weighted by Crippen LogP contribution is 2.20. The largest absolute Gasteiger partial charge is 0.287 e. The summed E-state index contributed by atoms with van der Waals surface area (Å²) in [4.78, 5) is 11.7. The van der Waals surface area contributed by atoms with Crippen molar-refractivity contribution in [2.24, 2.45) is 0 Å². The highest BCUT2D eigenvalue weighted by atomic mass is 79.9. The van der Waals surface area contributed by atoms with Crippen LogP contribution in [0.1, 0.15) is 16.1 Å². The van der Waals surface area contributed by atoms with E-state index in [0.717, 1.165) is 11.7 Å². The van der Waals surface area contributed by atoms with Gasteiger partial charge in [-0.3, -0.25) is 4.79 Å². The van der Waals surface area contributed by atoms with Crippen molar-refractivity contribution in [3.05, 3.63) is 45.9 Å². The minimum Gasteiger partial charge on any atom is -0.287 e. The molecule has 6 heteroatoms. The van der Waals surface area contributed by atoms with Crippen molar-refractivity contribution in [2.75, 3.05) is 0 Å². The van der Waals surface area contributed by atoms with Crippen molar-refractivity contribution < 1.29 is 9.18 Å². The summed E-state index contributed by atoms with van der Waals surface area (Å²) >= 11 is 3.93. The first-order valence-corrected chi connectivity index (χ1v) is 5.49. The number of hydrogen-bond acceptors (Lipinski definition) is 4. The van der Waals surface area contributed by atoms with Gasteiger partial charge in [-0.05, 0) is 28.1 Å². The van der Waals surface area contributed by atoms with E-state index in [9.17, 15) is 9.18 Å². The van der Waals surface area contributed by atoms with Crippen LogP contribution in [0.3, 0.4) is 0 Å². The van der Waals surface area contributed by atoms with Crippen molar-refractivity contribution in [3.8, 4) is 0 Å². The lowest BCUT2D eigenvalue weighted by molar-refractivity contribution is 0.103. The lowest BCUT2D eigenvalue weighted by atomic mass is 10.1. The number of ketones is 1. The summed E-state index contributed by atoms with van der Waals surface area (Å²) in [6, 6.07) is 4.55. The summed E-state index contributed by atoms with van der Waals surface area (Å²) in [6.07, 6.45) is 1.33. The van der Waals surface area contributed by atoms with Gasteiger partial charge in [-0.1, -0.05) is 6.07 Å². The molecule has 0 radical (unpaired) electrons. The van der Waals surface area contributed by atoms with Gasteiger partial charge in [0, 0.05) is 0 Å². The summed E-state index contributed by atoms with van der Waals surface area (Å²) in [5.74, 6) is -1.03. The first-order valence-electron chi connectivity index (χ1n) is 3.96. The number of halogens is 2. The van der Waals surface area contributed by atoms with E-state index in [0.29, 0.717) is 0 Å². The molecule has 0 aliphatic heterocycles. The lowest BCUT2D eigenvalue weighted by Gasteiger charge is -2.00. The predicted octanol–water partition coefficient (Wildman–Crippen LogP) is 2.67. The standard InChI is InChI=1S/C9H4BrFN2OS/c10-6-3-1-2-5(8(6)11)9(14)7-4-12-15-13-7/h1-4H. The van der Waals surface area contributed by atoms with Crippen molar-refractivity contribution in [2.45, 2.75) is 0 Å². The number of hydrogen-bond donors (Lipinski definition) is 0. The number of carbonyl (C=O) groups is 1. The van der Waals surface area contributed by atoms with Gasteiger partial charge in [-0.2, -0.15) is 8.75 Å². The molecule has 2 aromatic rings. The topological polar surface area (TPSA) is 42.9 Å². The zero-order valence-electron chi connectivity index (χ0n) is 7.28. The van der Waals surface area contributed by atoms with E-state index in [1.165, 1.54) is 18.3 Å². The second kappa shape index (κ2) is 4.16. The highest BCUT2D eigenvalue weighted by molar-refractivity contribution is 9.10. The number of rotatable bonds is 2. The second-order valence-corrected chi connectivity index (χ2v) is 4.13. The van der Waals surface area contributed by atoms with Gasteiger partial charge in [0.05, 0.1) is 28.0 Å². The molecule has 2 rings (SSSR count). The van der Waals surface area contributed by atoms with Crippen molar-refractivity contribution >= 4 is 33.4 Å². The van der Waals surface area contributed by atoms with Gasteiger partial charge in [0.1, 0.15) is 11.5 Å². The maximum Gasteiger partial charge on any atom is 0.217 e. The van der Waals surface area contributed by atoms with E-state index < -0.39 is 11.6 Å². The van der Waals surface area contributed by atoms with Crippen LogP contribution in [0.4, 0.5) is 4.39 Å². The molecule has 0 spiro atoms.